The van der Waals surface area contributed by atoms with Crippen molar-refractivity contribution in [1.82, 2.24) is 20.6 Å². The van der Waals surface area contributed by atoms with Crippen molar-refractivity contribution in [1.29, 1.82) is 0 Å². The van der Waals surface area contributed by atoms with Gasteiger partial charge in [0.1, 0.15) is 11.9 Å². The van der Waals surface area contributed by atoms with Gasteiger partial charge in [-0.15, -0.1) is 0 Å². The summed E-state index contributed by atoms with van der Waals surface area (Å²) < 4.78 is 0. The fourth-order valence-electron chi connectivity index (χ4n) is 2.38. The molecule has 21 heavy (non-hydrogen) atoms. The summed E-state index contributed by atoms with van der Waals surface area (Å²) in [6.45, 7) is 0.680. The summed E-state index contributed by atoms with van der Waals surface area (Å²) in [5.74, 6) is 0.349. The molecule has 1 fully saturated rings. The average Bonchev–Trinajstić information content (AvgIpc) is 3.04. The van der Waals surface area contributed by atoms with Gasteiger partial charge in [-0.2, -0.15) is 0 Å². The third-order valence-electron chi connectivity index (χ3n) is 3.49. The SMILES string of the molecule is O=C(N[C@@H]1CCCNC1=O)c1cccc(-c2ncc[nH]2)c1. The smallest absolute Gasteiger partial charge is 0.251 e. The molecule has 3 N–H and O–H groups in total. The van der Waals surface area contributed by atoms with Crippen molar-refractivity contribution >= 4 is 11.8 Å². The van der Waals surface area contributed by atoms with Crippen LogP contribution in [0.2, 0.25) is 0 Å². The van der Waals surface area contributed by atoms with Crippen LogP contribution in [-0.2, 0) is 4.79 Å². The molecule has 0 aliphatic carbocycles. The quantitative estimate of drug-likeness (QED) is 0.788. The maximum Gasteiger partial charge on any atom is 0.251 e. The van der Waals surface area contributed by atoms with E-state index in [0.717, 1.165) is 12.0 Å². The second-order valence-electron chi connectivity index (χ2n) is 4.98. The van der Waals surface area contributed by atoms with Crippen LogP contribution in [0.4, 0.5) is 0 Å². The lowest BCUT2D eigenvalue weighted by atomic mass is 10.1. The maximum atomic E-state index is 12.3. The van der Waals surface area contributed by atoms with Gasteiger partial charge in [-0.1, -0.05) is 12.1 Å². The molecule has 6 nitrogen and oxygen atoms in total. The molecular weight excluding hydrogens is 268 g/mol. The third-order valence-corrected chi connectivity index (χ3v) is 3.49. The van der Waals surface area contributed by atoms with E-state index < -0.39 is 6.04 Å². The van der Waals surface area contributed by atoms with Crippen molar-refractivity contribution in [3.8, 4) is 11.4 Å². The number of aromatic amines is 1. The van der Waals surface area contributed by atoms with E-state index >= 15 is 0 Å². The second-order valence-corrected chi connectivity index (χ2v) is 4.98. The second kappa shape index (κ2) is 5.78. The zero-order chi connectivity index (χ0) is 14.7. The molecule has 0 bridgehead atoms. The van der Waals surface area contributed by atoms with Crippen LogP contribution < -0.4 is 10.6 Å². The number of piperidine rings is 1. The van der Waals surface area contributed by atoms with E-state index in [0.29, 0.717) is 24.4 Å². The molecule has 1 aliphatic heterocycles. The Balaban J connectivity index is 1.75. The number of carbonyl (C=O) groups excluding carboxylic acids is 2. The van der Waals surface area contributed by atoms with Crippen molar-refractivity contribution in [3.63, 3.8) is 0 Å². The molecule has 1 aromatic carbocycles. The summed E-state index contributed by atoms with van der Waals surface area (Å²) in [6, 6.07) is 6.71. The average molecular weight is 284 g/mol. The summed E-state index contributed by atoms with van der Waals surface area (Å²) in [6.07, 6.45) is 4.95. The van der Waals surface area contributed by atoms with Gasteiger partial charge in [0, 0.05) is 30.1 Å². The molecule has 2 amide bonds. The highest BCUT2D eigenvalue weighted by atomic mass is 16.2. The van der Waals surface area contributed by atoms with Gasteiger partial charge in [0.25, 0.3) is 5.91 Å². The number of nitrogens with one attached hydrogen (secondary N) is 3. The molecule has 2 aromatic rings. The van der Waals surface area contributed by atoms with Gasteiger partial charge in [-0.3, -0.25) is 9.59 Å². The zero-order valence-electron chi connectivity index (χ0n) is 11.4. The molecule has 3 rings (SSSR count). The lowest BCUT2D eigenvalue weighted by Gasteiger charge is -2.22. The van der Waals surface area contributed by atoms with Gasteiger partial charge in [0.2, 0.25) is 5.91 Å². The summed E-state index contributed by atoms with van der Waals surface area (Å²) in [4.78, 5) is 31.1. The number of carbonyl (C=O) groups is 2. The Hall–Kier alpha value is -2.63. The number of hydrogen-bond acceptors (Lipinski definition) is 3. The maximum absolute atomic E-state index is 12.3. The van der Waals surface area contributed by atoms with Crippen molar-refractivity contribution in [2.75, 3.05) is 6.54 Å². The lowest BCUT2D eigenvalue weighted by molar-refractivity contribution is -0.124. The van der Waals surface area contributed by atoms with E-state index in [1.165, 1.54) is 0 Å². The topological polar surface area (TPSA) is 86.9 Å². The molecule has 1 aromatic heterocycles. The molecule has 6 heteroatoms. The Morgan fingerprint density at radius 2 is 2.29 bits per heavy atom. The summed E-state index contributed by atoms with van der Waals surface area (Å²) in [7, 11) is 0. The first-order valence-corrected chi connectivity index (χ1v) is 6.92. The third kappa shape index (κ3) is 2.94. The predicted molar refractivity (Wildman–Crippen MR) is 77.5 cm³/mol. The van der Waals surface area contributed by atoms with Crippen molar-refractivity contribution in [3.05, 3.63) is 42.2 Å². The van der Waals surface area contributed by atoms with E-state index in [9.17, 15) is 9.59 Å². The predicted octanol–water partition coefficient (Wildman–Crippen LogP) is 1.09. The highest BCUT2D eigenvalue weighted by Crippen LogP contribution is 2.16. The summed E-state index contributed by atoms with van der Waals surface area (Å²) in [5, 5.41) is 5.53. The Morgan fingerprint density at radius 1 is 1.38 bits per heavy atom. The number of imidazole rings is 1. The van der Waals surface area contributed by atoms with Crippen LogP contribution in [0.25, 0.3) is 11.4 Å². The standard InChI is InChI=1S/C15H16N4O2/c20-14(19-12-5-2-6-18-15(12)21)11-4-1-3-10(9-11)13-16-7-8-17-13/h1,3-4,7-9,12H,2,5-6H2,(H,16,17)(H,18,21)(H,19,20)/t12-/m1/s1. The summed E-state index contributed by atoms with van der Waals surface area (Å²) in [5.41, 5.74) is 1.35. The highest BCUT2D eigenvalue weighted by Gasteiger charge is 2.24. The van der Waals surface area contributed by atoms with Crippen LogP contribution in [0.15, 0.2) is 36.7 Å². The van der Waals surface area contributed by atoms with E-state index in [4.69, 9.17) is 0 Å². The van der Waals surface area contributed by atoms with E-state index in [2.05, 4.69) is 20.6 Å². The van der Waals surface area contributed by atoms with Gasteiger partial charge in [-0.25, -0.2) is 4.98 Å². The Bertz CT molecular complexity index is 651. The fraction of sp³-hybridized carbons (Fsp3) is 0.267. The number of rotatable bonds is 3. The minimum Gasteiger partial charge on any atom is -0.354 e. The number of nitrogens with zero attached hydrogens (tertiary/aromatic N) is 1. The summed E-state index contributed by atoms with van der Waals surface area (Å²) >= 11 is 0. The first-order chi connectivity index (χ1) is 10.2. The molecule has 0 spiro atoms. The van der Waals surface area contributed by atoms with E-state index in [-0.39, 0.29) is 11.8 Å². The minimum absolute atomic E-state index is 0.114. The van der Waals surface area contributed by atoms with Crippen LogP contribution in [0.5, 0.6) is 0 Å². The zero-order valence-corrected chi connectivity index (χ0v) is 11.4. The van der Waals surface area contributed by atoms with Gasteiger partial charge in [0.15, 0.2) is 0 Å². The van der Waals surface area contributed by atoms with Crippen LogP contribution in [0.3, 0.4) is 0 Å². The lowest BCUT2D eigenvalue weighted by Crippen LogP contribution is -2.50. The number of hydrogen-bond donors (Lipinski definition) is 3. The number of benzene rings is 1. The largest absolute Gasteiger partial charge is 0.354 e. The fourth-order valence-corrected chi connectivity index (χ4v) is 2.38. The molecule has 0 saturated carbocycles. The van der Waals surface area contributed by atoms with Gasteiger partial charge in [-0.05, 0) is 25.0 Å². The van der Waals surface area contributed by atoms with E-state index in [1.54, 1.807) is 30.6 Å². The molecule has 108 valence electrons. The van der Waals surface area contributed by atoms with E-state index in [1.807, 2.05) is 6.07 Å². The molecule has 1 saturated heterocycles. The van der Waals surface area contributed by atoms with Gasteiger partial charge in [0.05, 0.1) is 0 Å². The molecular formula is C15H16N4O2. The number of amides is 2. The first kappa shape index (κ1) is 13.4. The molecule has 2 heterocycles. The van der Waals surface area contributed by atoms with Crippen LogP contribution in [-0.4, -0.2) is 34.4 Å². The minimum atomic E-state index is -0.446. The van der Waals surface area contributed by atoms with Crippen molar-refractivity contribution in [2.24, 2.45) is 0 Å². The molecule has 0 radical (unpaired) electrons. The van der Waals surface area contributed by atoms with Crippen LogP contribution in [0, 0.1) is 0 Å². The number of aromatic nitrogens is 2. The Morgan fingerprint density at radius 3 is 3.05 bits per heavy atom. The van der Waals surface area contributed by atoms with Crippen LogP contribution in [0.1, 0.15) is 23.2 Å². The van der Waals surface area contributed by atoms with Crippen molar-refractivity contribution < 1.29 is 9.59 Å². The number of H-pyrrole nitrogens is 1. The molecule has 1 aliphatic rings. The first-order valence-electron chi connectivity index (χ1n) is 6.92. The van der Waals surface area contributed by atoms with Gasteiger partial charge < -0.3 is 15.6 Å². The molecule has 0 unspecified atom stereocenters. The molecule has 1 atom stereocenters. The van der Waals surface area contributed by atoms with Gasteiger partial charge >= 0.3 is 0 Å². The van der Waals surface area contributed by atoms with Crippen molar-refractivity contribution in [2.45, 2.75) is 18.9 Å². The Kier molecular flexibility index (Phi) is 3.68. The van der Waals surface area contributed by atoms with Crippen LogP contribution >= 0.6 is 0 Å². The highest BCUT2D eigenvalue weighted by molar-refractivity contribution is 5.98. The normalized spacial score (nSPS) is 18.1. The Labute approximate surface area is 122 Å². The monoisotopic (exact) mass is 284 g/mol.